The zero-order valence-corrected chi connectivity index (χ0v) is 43.1. The number of hydrogen-bond acceptors (Lipinski definition) is 14. The lowest BCUT2D eigenvalue weighted by molar-refractivity contribution is -0.216. The molecule has 1 saturated carbocycles. The number of unbranched alkanes of at least 4 members (excludes halogenated alkanes) is 7. The molecule has 1 fully saturated rings. The van der Waals surface area contributed by atoms with Crippen molar-refractivity contribution in [1.29, 1.82) is 0 Å². The van der Waals surface area contributed by atoms with E-state index in [1.165, 1.54) is 19.3 Å². The minimum Gasteiger partial charge on any atom is -0.462 e. The van der Waals surface area contributed by atoms with E-state index in [9.17, 15) is 58.9 Å². The van der Waals surface area contributed by atoms with E-state index in [4.69, 9.17) is 18.5 Å². The number of allylic oxidation sites excluding steroid dienone is 15. The summed E-state index contributed by atoms with van der Waals surface area (Å²) < 4.78 is 49.3. The molecule has 0 bridgehead atoms. The Labute approximate surface area is 416 Å². The molecule has 9 atom stereocenters. The molecule has 6 unspecified atom stereocenters. The fourth-order valence-corrected chi connectivity index (χ4v) is 8.38. The van der Waals surface area contributed by atoms with Crippen molar-refractivity contribution < 1.29 is 82.0 Å². The predicted octanol–water partition coefficient (Wildman–Crippen LogP) is 8.92. The molecule has 19 heteroatoms. The van der Waals surface area contributed by atoms with E-state index < -0.39 is 83.5 Å². The molecule has 0 aromatic rings. The summed E-state index contributed by atoms with van der Waals surface area (Å²) in [5, 5.41) is 51.0. The third kappa shape index (κ3) is 34.3. The van der Waals surface area contributed by atoms with Crippen molar-refractivity contribution in [3.05, 3.63) is 97.2 Å². The van der Waals surface area contributed by atoms with Crippen molar-refractivity contribution in [2.24, 2.45) is 0 Å². The summed E-state index contributed by atoms with van der Waals surface area (Å²) in [5.74, 6) is -1.34. The van der Waals surface area contributed by atoms with Crippen LogP contribution in [0.1, 0.15) is 149 Å². The lowest BCUT2D eigenvalue weighted by Crippen LogP contribution is -2.64. The Morgan fingerprint density at radius 3 is 1.47 bits per heavy atom. The second kappa shape index (κ2) is 40.4. The zero-order valence-electron chi connectivity index (χ0n) is 41.3. The highest BCUT2D eigenvalue weighted by molar-refractivity contribution is 7.47. The molecule has 0 amide bonds. The summed E-state index contributed by atoms with van der Waals surface area (Å²) in [6.45, 7) is 2.80. The van der Waals surface area contributed by atoms with E-state index in [0.717, 1.165) is 70.6 Å². The van der Waals surface area contributed by atoms with Gasteiger partial charge in [-0.05, 0) is 96.3 Å². The molecule has 17 nitrogen and oxygen atoms in total. The van der Waals surface area contributed by atoms with Crippen molar-refractivity contribution in [3.63, 3.8) is 0 Å². The molecule has 0 aromatic carbocycles. The third-order valence-corrected chi connectivity index (χ3v) is 12.2. The van der Waals surface area contributed by atoms with Gasteiger partial charge in [0, 0.05) is 12.8 Å². The first kappa shape index (κ1) is 64.9. The van der Waals surface area contributed by atoms with Crippen LogP contribution in [0.5, 0.6) is 0 Å². The summed E-state index contributed by atoms with van der Waals surface area (Å²) >= 11 is 0. The minimum absolute atomic E-state index is 0.0583. The summed E-state index contributed by atoms with van der Waals surface area (Å²) in [7, 11) is -10.7. The van der Waals surface area contributed by atoms with E-state index in [1.807, 2.05) is 43.4 Å². The van der Waals surface area contributed by atoms with Crippen molar-refractivity contribution >= 4 is 27.6 Å². The van der Waals surface area contributed by atoms with Crippen LogP contribution < -0.4 is 0 Å². The van der Waals surface area contributed by atoms with E-state index in [1.54, 1.807) is 0 Å². The average Bonchev–Trinajstić information content (AvgIpc) is 3.31. The van der Waals surface area contributed by atoms with Crippen LogP contribution in [0.4, 0.5) is 0 Å². The predicted molar refractivity (Wildman–Crippen MR) is 270 cm³/mol. The van der Waals surface area contributed by atoms with Gasteiger partial charge in [-0.2, -0.15) is 0 Å². The topological polar surface area (TPSA) is 276 Å². The molecule has 70 heavy (non-hydrogen) atoms. The van der Waals surface area contributed by atoms with Crippen LogP contribution in [0.3, 0.4) is 0 Å². The number of ether oxygens (including phenoxy) is 2. The maximum atomic E-state index is 13.0. The summed E-state index contributed by atoms with van der Waals surface area (Å²) in [5.41, 5.74) is 0. The molecular formula is C51H84O17P2. The molecule has 1 aliphatic rings. The van der Waals surface area contributed by atoms with Gasteiger partial charge in [0.1, 0.15) is 43.2 Å². The van der Waals surface area contributed by atoms with Gasteiger partial charge in [0.25, 0.3) is 0 Å². The van der Waals surface area contributed by atoms with Crippen LogP contribution in [0.15, 0.2) is 97.2 Å². The van der Waals surface area contributed by atoms with E-state index in [0.29, 0.717) is 32.1 Å². The highest BCUT2D eigenvalue weighted by atomic mass is 31.2. The molecule has 400 valence electrons. The van der Waals surface area contributed by atoms with Crippen LogP contribution in [0.2, 0.25) is 0 Å². The first-order chi connectivity index (χ1) is 33.5. The number of aliphatic hydroxyl groups excluding tert-OH is 5. The first-order valence-corrected chi connectivity index (χ1v) is 27.9. The van der Waals surface area contributed by atoms with E-state index in [-0.39, 0.29) is 18.9 Å². The largest absolute Gasteiger partial charge is 0.472 e. The van der Waals surface area contributed by atoms with Gasteiger partial charge in [0.2, 0.25) is 0 Å². The fraction of sp³-hybridized carbons (Fsp3) is 0.647. The van der Waals surface area contributed by atoms with E-state index in [2.05, 4.69) is 72.2 Å². The van der Waals surface area contributed by atoms with Crippen molar-refractivity contribution in [1.82, 2.24) is 0 Å². The van der Waals surface area contributed by atoms with Gasteiger partial charge in [-0.1, -0.05) is 137 Å². The van der Waals surface area contributed by atoms with Gasteiger partial charge in [-0.25, -0.2) is 9.13 Å². The lowest BCUT2D eigenvalue weighted by Gasteiger charge is -2.43. The number of rotatable bonds is 40. The SMILES string of the molecule is CCCCC/C=C\C/C=C\C/C=C\C/C=C\CCCCCC(=O)OC[C@H](COP(=O)(O)O[C@H]1C(O)C(O)C(O)[C@@H](OP(=O)(O)O)C1O)OC(=O)CCC/C=C\C/C=C\C/C=C\C/C=C\CC(O)CCC. The number of carbonyl (C=O) groups excluding carboxylic acids is 2. The number of esters is 2. The Hall–Kier alpha value is -3.12. The molecule has 0 saturated heterocycles. The maximum Gasteiger partial charge on any atom is 0.472 e. The number of phosphoric acid groups is 2. The molecule has 8 N–H and O–H groups in total. The molecule has 1 rings (SSSR count). The first-order valence-electron chi connectivity index (χ1n) is 24.9. The average molecular weight is 1030 g/mol. The second-order valence-corrected chi connectivity index (χ2v) is 19.6. The van der Waals surface area contributed by atoms with Gasteiger partial charge >= 0.3 is 27.6 Å². The maximum absolute atomic E-state index is 13.0. The lowest BCUT2D eigenvalue weighted by atomic mass is 9.85. The zero-order chi connectivity index (χ0) is 51.9. The molecule has 0 aliphatic heterocycles. The molecule has 0 radical (unpaired) electrons. The Bertz CT molecular complexity index is 1730. The highest BCUT2D eigenvalue weighted by Crippen LogP contribution is 2.49. The second-order valence-electron chi connectivity index (χ2n) is 17.0. The number of carbonyl (C=O) groups is 2. The quantitative estimate of drug-likeness (QED) is 0.0123. The highest BCUT2D eigenvalue weighted by Gasteiger charge is 2.54. The Morgan fingerprint density at radius 1 is 0.514 bits per heavy atom. The van der Waals surface area contributed by atoms with Gasteiger partial charge < -0.3 is 49.7 Å². The van der Waals surface area contributed by atoms with Gasteiger partial charge in [-0.15, -0.1) is 0 Å². The monoisotopic (exact) mass is 1030 g/mol. The summed E-state index contributed by atoms with van der Waals surface area (Å²) in [6, 6.07) is 0. The van der Waals surface area contributed by atoms with Crippen LogP contribution in [-0.2, 0) is 41.8 Å². The Kier molecular flexibility index (Phi) is 37.4. The van der Waals surface area contributed by atoms with Crippen LogP contribution in [0, 0.1) is 0 Å². The molecule has 0 spiro atoms. The molecule has 0 heterocycles. The number of hydrogen-bond donors (Lipinski definition) is 8. The van der Waals surface area contributed by atoms with Crippen LogP contribution in [-0.4, -0.2) is 114 Å². The summed E-state index contributed by atoms with van der Waals surface area (Å²) in [4.78, 5) is 54.3. The molecule has 1 aliphatic carbocycles. The summed E-state index contributed by atoms with van der Waals surface area (Å²) in [6.07, 6.45) is 34.2. The number of phosphoric ester groups is 2. The Balaban J connectivity index is 2.65. The van der Waals surface area contributed by atoms with Crippen LogP contribution in [0.25, 0.3) is 0 Å². The standard InChI is InChI=1S/C51H84O17P2/c1-3-5-6-7-8-9-10-11-12-13-14-15-16-19-22-25-28-31-34-38-44(53)64-40-43(41-65-70(62,63)68-51-48(57)46(55)47(56)50(49(51)58)67-69(59,60)61)66-45(54)39-35-32-29-26-23-20-17-18-21-24-27-30-33-37-42(52)36-4-2/h8-9,11-12,14-15,17,19-22,24,26,29-30,33,42-43,46-52,55-58H,3-7,10,13,16,18,23,25,27-28,31-32,34-41H2,1-2H3,(H,62,63)(H2,59,60,61)/b9-8-,12-11-,15-14-,20-17-,22-19-,24-21-,29-26-,33-30-/t42?,43-,46?,47?,48?,49?,50-,51+/m1/s1. The van der Waals surface area contributed by atoms with Gasteiger partial charge in [0.15, 0.2) is 6.10 Å². The molecule has 0 aromatic heterocycles. The van der Waals surface area contributed by atoms with Crippen molar-refractivity contribution in [2.45, 2.75) is 198 Å². The van der Waals surface area contributed by atoms with Gasteiger partial charge in [-0.3, -0.25) is 23.2 Å². The van der Waals surface area contributed by atoms with Crippen LogP contribution >= 0.6 is 15.6 Å². The Morgan fingerprint density at radius 2 is 0.971 bits per heavy atom. The third-order valence-electron chi connectivity index (χ3n) is 10.7. The minimum atomic E-state index is -5.38. The van der Waals surface area contributed by atoms with Gasteiger partial charge in [0.05, 0.1) is 12.7 Å². The normalized spacial score (nSPS) is 22.3. The molecular weight excluding hydrogens is 946 g/mol. The van der Waals surface area contributed by atoms with Crippen molar-refractivity contribution in [2.75, 3.05) is 13.2 Å². The number of aliphatic hydroxyl groups is 5. The van der Waals surface area contributed by atoms with Crippen molar-refractivity contribution in [3.8, 4) is 0 Å². The smallest absolute Gasteiger partial charge is 0.462 e. The fourth-order valence-electron chi connectivity index (χ4n) is 6.84. The van der Waals surface area contributed by atoms with E-state index >= 15 is 0 Å².